The van der Waals surface area contributed by atoms with Gasteiger partial charge in [-0.15, -0.1) is 0 Å². The van der Waals surface area contributed by atoms with E-state index in [0.29, 0.717) is 0 Å². The van der Waals surface area contributed by atoms with Crippen LogP contribution < -0.4 is 5.32 Å². The van der Waals surface area contributed by atoms with E-state index in [-0.39, 0.29) is 0 Å². The molecule has 0 radical (unpaired) electrons. The van der Waals surface area contributed by atoms with E-state index in [4.69, 9.17) is 4.98 Å². The van der Waals surface area contributed by atoms with E-state index in [9.17, 15) is 0 Å². The van der Waals surface area contributed by atoms with Gasteiger partial charge in [0.05, 0.1) is 5.52 Å². The van der Waals surface area contributed by atoms with E-state index in [0.717, 1.165) is 35.1 Å². The van der Waals surface area contributed by atoms with Crippen molar-refractivity contribution in [3.63, 3.8) is 0 Å². The van der Waals surface area contributed by atoms with Crippen LogP contribution in [0.2, 0.25) is 0 Å². The fourth-order valence-electron chi connectivity index (χ4n) is 2.78. The number of hydrogen-bond donors (Lipinski definition) is 1. The van der Waals surface area contributed by atoms with E-state index in [1.165, 1.54) is 21.8 Å². The molecule has 2 aromatic carbocycles. The van der Waals surface area contributed by atoms with Gasteiger partial charge in [0.15, 0.2) is 0 Å². The number of benzene rings is 2. The Labute approximate surface area is 133 Å². The zero-order valence-corrected chi connectivity index (χ0v) is 14.0. The van der Waals surface area contributed by atoms with Crippen LogP contribution in [0.5, 0.6) is 0 Å². The highest BCUT2D eigenvalue weighted by atomic mass is 79.9. The van der Waals surface area contributed by atoms with Crippen molar-refractivity contribution in [1.29, 1.82) is 0 Å². The molecule has 1 N–H and O–H groups in total. The Morgan fingerprint density at radius 1 is 1.05 bits per heavy atom. The highest BCUT2D eigenvalue weighted by Gasteiger charge is 2.11. The number of pyridine rings is 1. The first-order valence-electron chi connectivity index (χ1n) is 7.49. The van der Waals surface area contributed by atoms with Gasteiger partial charge in [-0.3, -0.25) is 4.98 Å². The van der Waals surface area contributed by atoms with Gasteiger partial charge in [0, 0.05) is 33.2 Å². The topological polar surface area (TPSA) is 24.9 Å². The summed E-state index contributed by atoms with van der Waals surface area (Å²) in [6.45, 7) is 5.23. The standard InChI is InChI=1S/C18H19BrN2/c1-3-7-12-10-17(20-4-2)15-11-16(19)13-8-5-6-9-14(13)18(15)21-12/h5-6,8-11H,3-4,7H2,1-2H3,(H,20,21). The summed E-state index contributed by atoms with van der Waals surface area (Å²) in [7, 11) is 0. The van der Waals surface area contributed by atoms with Crippen molar-refractivity contribution in [2.75, 3.05) is 11.9 Å². The Bertz CT molecular complexity index is 796. The van der Waals surface area contributed by atoms with Crippen LogP contribution in [0.25, 0.3) is 21.7 Å². The summed E-state index contributed by atoms with van der Waals surface area (Å²) < 4.78 is 1.12. The fourth-order valence-corrected chi connectivity index (χ4v) is 3.36. The highest BCUT2D eigenvalue weighted by Crippen LogP contribution is 2.34. The van der Waals surface area contributed by atoms with Crippen LogP contribution in [0.1, 0.15) is 26.0 Å². The van der Waals surface area contributed by atoms with Gasteiger partial charge in [0.1, 0.15) is 0 Å². The molecule has 0 fully saturated rings. The van der Waals surface area contributed by atoms with Gasteiger partial charge in [-0.2, -0.15) is 0 Å². The Kier molecular flexibility index (Phi) is 4.11. The van der Waals surface area contributed by atoms with Gasteiger partial charge in [0.2, 0.25) is 0 Å². The molecule has 0 saturated heterocycles. The first kappa shape index (κ1) is 14.3. The van der Waals surface area contributed by atoms with E-state index < -0.39 is 0 Å². The minimum atomic E-state index is 0.912. The summed E-state index contributed by atoms with van der Waals surface area (Å²) in [6, 6.07) is 12.8. The van der Waals surface area contributed by atoms with Crippen LogP contribution in [0.15, 0.2) is 40.9 Å². The monoisotopic (exact) mass is 342 g/mol. The molecule has 0 saturated carbocycles. The fraction of sp³-hybridized carbons (Fsp3) is 0.278. The molecule has 0 aliphatic rings. The van der Waals surface area contributed by atoms with Crippen molar-refractivity contribution in [3.05, 3.63) is 46.6 Å². The number of halogens is 1. The van der Waals surface area contributed by atoms with Crippen LogP contribution >= 0.6 is 15.9 Å². The number of hydrogen-bond acceptors (Lipinski definition) is 2. The van der Waals surface area contributed by atoms with Gasteiger partial charge in [-0.1, -0.05) is 53.5 Å². The lowest BCUT2D eigenvalue weighted by Gasteiger charge is -2.13. The molecule has 0 atom stereocenters. The summed E-state index contributed by atoms with van der Waals surface area (Å²) in [6.07, 6.45) is 2.12. The molecule has 0 aliphatic heterocycles. The van der Waals surface area contributed by atoms with Crippen molar-refractivity contribution in [2.45, 2.75) is 26.7 Å². The van der Waals surface area contributed by atoms with Crippen molar-refractivity contribution in [2.24, 2.45) is 0 Å². The number of rotatable bonds is 4. The number of anilines is 1. The maximum Gasteiger partial charge on any atom is 0.0805 e. The van der Waals surface area contributed by atoms with E-state index in [1.807, 2.05) is 0 Å². The van der Waals surface area contributed by atoms with Crippen molar-refractivity contribution in [3.8, 4) is 0 Å². The van der Waals surface area contributed by atoms with Crippen LogP contribution in [0.3, 0.4) is 0 Å². The normalized spacial score (nSPS) is 11.2. The zero-order chi connectivity index (χ0) is 14.8. The van der Waals surface area contributed by atoms with Gasteiger partial charge in [0.25, 0.3) is 0 Å². The second kappa shape index (κ2) is 6.02. The number of aromatic nitrogens is 1. The minimum Gasteiger partial charge on any atom is -0.385 e. The van der Waals surface area contributed by atoms with Crippen LogP contribution in [0, 0.1) is 0 Å². The smallest absolute Gasteiger partial charge is 0.0805 e. The molecule has 0 spiro atoms. The quantitative estimate of drug-likeness (QED) is 0.630. The second-order valence-corrected chi connectivity index (χ2v) is 6.10. The highest BCUT2D eigenvalue weighted by molar-refractivity contribution is 9.10. The van der Waals surface area contributed by atoms with Crippen LogP contribution in [-0.4, -0.2) is 11.5 Å². The molecule has 1 heterocycles. The summed E-state index contributed by atoms with van der Waals surface area (Å²) in [5.74, 6) is 0. The Hall–Kier alpha value is -1.61. The Balaban J connectivity index is 2.39. The molecule has 2 nitrogen and oxygen atoms in total. The molecular weight excluding hydrogens is 324 g/mol. The van der Waals surface area contributed by atoms with Gasteiger partial charge in [-0.05, 0) is 30.9 Å². The minimum absolute atomic E-state index is 0.912. The third-order valence-electron chi connectivity index (χ3n) is 3.70. The number of nitrogens with one attached hydrogen (secondary N) is 1. The van der Waals surface area contributed by atoms with E-state index in [2.05, 4.69) is 71.5 Å². The summed E-state index contributed by atoms with van der Waals surface area (Å²) in [4.78, 5) is 4.92. The SMILES string of the molecule is CCCc1cc(NCC)c2cc(Br)c3ccccc3c2n1. The van der Waals surface area contributed by atoms with Gasteiger partial charge in [-0.25, -0.2) is 0 Å². The van der Waals surface area contributed by atoms with Crippen molar-refractivity contribution in [1.82, 2.24) is 4.98 Å². The molecule has 21 heavy (non-hydrogen) atoms. The second-order valence-electron chi connectivity index (χ2n) is 5.24. The lowest BCUT2D eigenvalue weighted by molar-refractivity contribution is 0.890. The average molecular weight is 343 g/mol. The molecule has 0 amide bonds. The Morgan fingerprint density at radius 3 is 2.52 bits per heavy atom. The van der Waals surface area contributed by atoms with E-state index in [1.54, 1.807) is 0 Å². The molecule has 3 rings (SSSR count). The molecule has 1 aromatic heterocycles. The summed E-state index contributed by atoms with van der Waals surface area (Å²) in [5.41, 5.74) is 3.43. The zero-order valence-electron chi connectivity index (χ0n) is 12.4. The van der Waals surface area contributed by atoms with Crippen molar-refractivity contribution >= 4 is 43.3 Å². The largest absolute Gasteiger partial charge is 0.385 e. The molecule has 108 valence electrons. The molecule has 0 unspecified atom stereocenters. The molecule has 0 aliphatic carbocycles. The lowest BCUT2D eigenvalue weighted by atomic mass is 10.0. The first-order chi connectivity index (χ1) is 10.2. The Morgan fingerprint density at radius 2 is 1.81 bits per heavy atom. The maximum atomic E-state index is 4.92. The number of aryl methyl sites for hydroxylation is 1. The molecule has 3 heteroatoms. The average Bonchev–Trinajstić information content (AvgIpc) is 2.49. The third kappa shape index (κ3) is 2.62. The van der Waals surface area contributed by atoms with E-state index >= 15 is 0 Å². The number of fused-ring (bicyclic) bond motifs is 3. The summed E-state index contributed by atoms with van der Waals surface area (Å²) >= 11 is 3.70. The summed E-state index contributed by atoms with van der Waals surface area (Å²) in [5, 5.41) is 7.09. The molecular formula is C18H19BrN2. The maximum absolute atomic E-state index is 4.92. The molecule has 3 aromatic rings. The first-order valence-corrected chi connectivity index (χ1v) is 8.28. The van der Waals surface area contributed by atoms with Gasteiger partial charge >= 0.3 is 0 Å². The van der Waals surface area contributed by atoms with Gasteiger partial charge < -0.3 is 5.32 Å². The van der Waals surface area contributed by atoms with Crippen LogP contribution in [-0.2, 0) is 6.42 Å². The number of nitrogens with zero attached hydrogens (tertiary/aromatic N) is 1. The van der Waals surface area contributed by atoms with Crippen LogP contribution in [0.4, 0.5) is 5.69 Å². The lowest BCUT2D eigenvalue weighted by Crippen LogP contribution is -2.01. The van der Waals surface area contributed by atoms with Crippen molar-refractivity contribution < 1.29 is 0 Å². The predicted molar refractivity (Wildman–Crippen MR) is 95.1 cm³/mol. The predicted octanol–water partition coefficient (Wildman–Crippen LogP) is 5.53. The third-order valence-corrected chi connectivity index (χ3v) is 4.35. The molecule has 0 bridgehead atoms.